The molecule has 0 bridgehead atoms. The highest BCUT2D eigenvalue weighted by Crippen LogP contribution is 2.32. The summed E-state index contributed by atoms with van der Waals surface area (Å²) in [6.45, 7) is 0. The molecule has 0 atom stereocenters. The molecule has 0 N–H and O–H groups in total. The van der Waals surface area contributed by atoms with Crippen molar-refractivity contribution in [1.82, 2.24) is 0 Å². The Labute approximate surface area is 153 Å². The van der Waals surface area contributed by atoms with E-state index in [1.54, 1.807) is 0 Å². The molecule has 0 amide bonds. The first kappa shape index (κ1) is 14.9. The Balaban J connectivity index is 1.77. The van der Waals surface area contributed by atoms with Gasteiger partial charge in [0, 0.05) is 0 Å². The van der Waals surface area contributed by atoms with Crippen LogP contribution in [0.15, 0.2) is 109 Å². The van der Waals surface area contributed by atoms with Crippen molar-refractivity contribution in [3.05, 3.63) is 109 Å². The second-order valence-corrected chi connectivity index (χ2v) is 6.67. The van der Waals surface area contributed by atoms with Crippen LogP contribution in [0, 0.1) is 0 Å². The van der Waals surface area contributed by atoms with Crippen LogP contribution in [0.25, 0.3) is 43.8 Å². The molecular formula is C26H18. The van der Waals surface area contributed by atoms with Crippen LogP contribution in [-0.2, 0) is 0 Å². The van der Waals surface area contributed by atoms with E-state index in [0.717, 1.165) is 0 Å². The van der Waals surface area contributed by atoms with E-state index in [2.05, 4.69) is 109 Å². The van der Waals surface area contributed by atoms with Gasteiger partial charge in [0.1, 0.15) is 0 Å². The molecule has 0 nitrogen and oxygen atoms in total. The number of hydrogen-bond acceptors (Lipinski definition) is 0. The van der Waals surface area contributed by atoms with Gasteiger partial charge >= 0.3 is 0 Å². The average Bonchev–Trinajstić information content (AvgIpc) is 2.74. The fraction of sp³-hybridized carbons (Fsp3) is 0. The maximum atomic E-state index is 2.32. The van der Waals surface area contributed by atoms with Crippen LogP contribution in [0.5, 0.6) is 0 Å². The summed E-state index contributed by atoms with van der Waals surface area (Å²) in [6, 6.07) is 39.1. The molecule has 0 unspecified atom stereocenters. The van der Waals surface area contributed by atoms with Gasteiger partial charge in [0.25, 0.3) is 0 Å². The lowest BCUT2D eigenvalue weighted by molar-refractivity contribution is 1.64. The van der Waals surface area contributed by atoms with E-state index in [9.17, 15) is 0 Å². The molecule has 26 heavy (non-hydrogen) atoms. The van der Waals surface area contributed by atoms with E-state index in [1.807, 2.05) is 0 Å². The third-order valence-electron chi connectivity index (χ3n) is 5.05. The van der Waals surface area contributed by atoms with Crippen LogP contribution in [0.2, 0.25) is 0 Å². The minimum Gasteiger partial charge on any atom is -0.0622 e. The zero-order chi connectivity index (χ0) is 17.3. The van der Waals surface area contributed by atoms with E-state index < -0.39 is 0 Å². The van der Waals surface area contributed by atoms with E-state index in [4.69, 9.17) is 0 Å². The number of fused-ring (bicyclic) bond motifs is 3. The van der Waals surface area contributed by atoms with Crippen LogP contribution >= 0.6 is 0 Å². The molecule has 0 saturated carbocycles. The van der Waals surface area contributed by atoms with Crippen LogP contribution in [0.1, 0.15) is 0 Å². The van der Waals surface area contributed by atoms with Crippen molar-refractivity contribution in [2.45, 2.75) is 0 Å². The lowest BCUT2D eigenvalue weighted by Crippen LogP contribution is -1.83. The first-order valence-corrected chi connectivity index (χ1v) is 8.96. The van der Waals surface area contributed by atoms with Gasteiger partial charge in [0.05, 0.1) is 0 Å². The number of benzene rings is 5. The van der Waals surface area contributed by atoms with Gasteiger partial charge in [0.15, 0.2) is 0 Å². The van der Waals surface area contributed by atoms with Crippen molar-refractivity contribution in [3.63, 3.8) is 0 Å². The Kier molecular flexibility index (Phi) is 3.54. The summed E-state index contributed by atoms with van der Waals surface area (Å²) < 4.78 is 0. The molecule has 0 spiro atoms. The Morgan fingerprint density at radius 2 is 0.692 bits per heavy atom. The zero-order valence-corrected chi connectivity index (χ0v) is 14.4. The summed E-state index contributed by atoms with van der Waals surface area (Å²) in [5.74, 6) is 0. The maximum absolute atomic E-state index is 2.32. The average molecular weight is 330 g/mol. The predicted molar refractivity (Wildman–Crippen MR) is 112 cm³/mol. The van der Waals surface area contributed by atoms with Crippen molar-refractivity contribution >= 4 is 21.5 Å². The Hall–Kier alpha value is -3.38. The monoisotopic (exact) mass is 330 g/mol. The molecule has 5 aromatic carbocycles. The molecule has 0 fully saturated rings. The SMILES string of the molecule is c1ccc(-c2ccc3ccc4ccc(-c5ccccc5)cc4c3c2)cc1. The smallest absolute Gasteiger partial charge is 0.00990 e. The summed E-state index contributed by atoms with van der Waals surface area (Å²) in [5.41, 5.74) is 5.03. The highest BCUT2D eigenvalue weighted by molar-refractivity contribution is 6.09. The van der Waals surface area contributed by atoms with Gasteiger partial charge in [-0.05, 0) is 55.9 Å². The van der Waals surface area contributed by atoms with Crippen LogP contribution in [0.3, 0.4) is 0 Å². The largest absolute Gasteiger partial charge is 0.0622 e. The van der Waals surface area contributed by atoms with Gasteiger partial charge in [-0.25, -0.2) is 0 Å². The molecule has 0 aliphatic heterocycles. The fourth-order valence-electron chi connectivity index (χ4n) is 3.67. The van der Waals surface area contributed by atoms with Crippen LogP contribution in [-0.4, -0.2) is 0 Å². The molecule has 0 saturated heterocycles. The Morgan fingerprint density at radius 1 is 0.308 bits per heavy atom. The second kappa shape index (κ2) is 6.16. The summed E-state index contributed by atoms with van der Waals surface area (Å²) in [4.78, 5) is 0. The van der Waals surface area contributed by atoms with E-state index in [-0.39, 0.29) is 0 Å². The van der Waals surface area contributed by atoms with Gasteiger partial charge in [-0.1, -0.05) is 97.1 Å². The molecule has 0 aromatic heterocycles. The number of rotatable bonds is 2. The van der Waals surface area contributed by atoms with Gasteiger partial charge in [-0.3, -0.25) is 0 Å². The third kappa shape index (κ3) is 2.57. The maximum Gasteiger partial charge on any atom is -0.00990 e. The second-order valence-electron chi connectivity index (χ2n) is 6.67. The van der Waals surface area contributed by atoms with Gasteiger partial charge in [-0.2, -0.15) is 0 Å². The van der Waals surface area contributed by atoms with Crippen molar-refractivity contribution in [1.29, 1.82) is 0 Å². The fourth-order valence-corrected chi connectivity index (χ4v) is 3.67. The normalized spacial score (nSPS) is 11.1. The Morgan fingerprint density at radius 3 is 1.12 bits per heavy atom. The van der Waals surface area contributed by atoms with Crippen molar-refractivity contribution in [2.75, 3.05) is 0 Å². The molecular weight excluding hydrogens is 312 g/mol. The first-order chi connectivity index (χ1) is 12.9. The van der Waals surface area contributed by atoms with Gasteiger partial charge in [0.2, 0.25) is 0 Å². The van der Waals surface area contributed by atoms with E-state index in [1.165, 1.54) is 43.8 Å². The molecule has 0 heteroatoms. The predicted octanol–water partition coefficient (Wildman–Crippen LogP) is 7.33. The quantitative estimate of drug-likeness (QED) is 0.297. The lowest BCUT2D eigenvalue weighted by Gasteiger charge is -2.09. The molecule has 0 aliphatic rings. The Bertz CT molecular complexity index is 1100. The van der Waals surface area contributed by atoms with Gasteiger partial charge in [-0.15, -0.1) is 0 Å². The van der Waals surface area contributed by atoms with Crippen molar-refractivity contribution < 1.29 is 0 Å². The molecule has 122 valence electrons. The minimum atomic E-state index is 1.26. The molecule has 5 rings (SSSR count). The highest BCUT2D eigenvalue weighted by atomic mass is 14.1. The summed E-state index contributed by atoms with van der Waals surface area (Å²) in [5, 5.41) is 5.17. The van der Waals surface area contributed by atoms with Crippen LogP contribution in [0.4, 0.5) is 0 Å². The first-order valence-electron chi connectivity index (χ1n) is 8.96. The molecule has 0 aliphatic carbocycles. The highest BCUT2D eigenvalue weighted by Gasteiger charge is 2.06. The summed E-state index contributed by atoms with van der Waals surface area (Å²) in [7, 11) is 0. The summed E-state index contributed by atoms with van der Waals surface area (Å²) >= 11 is 0. The number of hydrogen-bond donors (Lipinski definition) is 0. The van der Waals surface area contributed by atoms with Crippen LogP contribution < -0.4 is 0 Å². The molecule has 5 aromatic rings. The van der Waals surface area contributed by atoms with E-state index >= 15 is 0 Å². The lowest BCUT2D eigenvalue weighted by atomic mass is 9.95. The van der Waals surface area contributed by atoms with Crippen molar-refractivity contribution in [3.8, 4) is 22.3 Å². The summed E-state index contributed by atoms with van der Waals surface area (Å²) in [6.07, 6.45) is 0. The topological polar surface area (TPSA) is 0 Å². The zero-order valence-electron chi connectivity index (χ0n) is 14.4. The minimum absolute atomic E-state index is 1.26. The molecule has 0 heterocycles. The van der Waals surface area contributed by atoms with Gasteiger partial charge < -0.3 is 0 Å². The molecule has 0 radical (unpaired) electrons. The standard InChI is InChI=1S/C26H18/c1-3-7-19(8-4-1)23-15-13-21-11-12-22-14-16-24(18-26(22)25(21)17-23)20-9-5-2-6-10-20/h1-18H. The third-order valence-corrected chi connectivity index (χ3v) is 5.05. The van der Waals surface area contributed by atoms with E-state index in [0.29, 0.717) is 0 Å². The van der Waals surface area contributed by atoms with Crippen molar-refractivity contribution in [2.24, 2.45) is 0 Å².